The molecular weight excluding hydrogens is 239 g/mol. The molecule has 1 rings (SSSR count). The Hall–Kier alpha value is -1.75. The van der Waals surface area contributed by atoms with Crippen LogP contribution in [0, 0.1) is 5.82 Å². The van der Waals surface area contributed by atoms with Gasteiger partial charge in [-0.3, -0.25) is 9.59 Å². The molecule has 0 aliphatic carbocycles. The summed E-state index contributed by atoms with van der Waals surface area (Å²) >= 11 is 0. The third kappa shape index (κ3) is 5.05. The summed E-state index contributed by atoms with van der Waals surface area (Å²) in [6.45, 7) is -0.336. The molecule has 0 aromatic heterocycles. The van der Waals surface area contributed by atoms with Gasteiger partial charge in [0.25, 0.3) is 0 Å². The molecule has 0 amide bonds. The van der Waals surface area contributed by atoms with Crippen molar-refractivity contribution >= 4 is 11.6 Å². The highest BCUT2D eigenvalue weighted by atomic mass is 19.1. The van der Waals surface area contributed by atoms with Crippen LogP contribution in [0.3, 0.4) is 0 Å². The van der Waals surface area contributed by atoms with Gasteiger partial charge in [-0.15, -0.1) is 0 Å². The van der Waals surface area contributed by atoms with Crippen molar-refractivity contribution in [3.05, 3.63) is 30.1 Å². The van der Waals surface area contributed by atoms with Crippen molar-refractivity contribution in [2.75, 3.05) is 13.2 Å². The lowest BCUT2D eigenvalue weighted by molar-refractivity contribution is -0.137. The number of halogens is 1. The lowest BCUT2D eigenvalue weighted by Crippen LogP contribution is -2.21. The number of ether oxygens (including phenoxy) is 1. The lowest BCUT2D eigenvalue weighted by atomic mass is 10.1. The Bertz CT molecular complexity index is 400. The van der Waals surface area contributed by atoms with Crippen molar-refractivity contribution in [2.45, 2.75) is 19.3 Å². The summed E-state index contributed by atoms with van der Waals surface area (Å²) in [6, 6.07) is 5.20. The van der Waals surface area contributed by atoms with Crippen LogP contribution in [0.15, 0.2) is 24.3 Å². The van der Waals surface area contributed by atoms with E-state index in [1.54, 1.807) is 0 Å². The fraction of sp³-hybridized carbons (Fsp3) is 0.385. The number of benzene rings is 1. The predicted molar refractivity (Wildman–Crippen MR) is 62.8 cm³/mol. The maximum absolute atomic E-state index is 12.6. The molecule has 0 atom stereocenters. The van der Waals surface area contributed by atoms with Gasteiger partial charge >= 0.3 is 0 Å². The minimum absolute atomic E-state index is 0.00749. The Labute approximate surface area is 104 Å². The Balaban J connectivity index is 2.32. The molecule has 1 aromatic rings. The third-order valence-corrected chi connectivity index (χ3v) is 2.31. The summed E-state index contributed by atoms with van der Waals surface area (Å²) in [4.78, 5) is 22.7. The molecule has 5 heteroatoms. The van der Waals surface area contributed by atoms with Gasteiger partial charge in [0.15, 0.2) is 6.61 Å². The Morgan fingerprint density at radius 2 is 1.78 bits per heavy atom. The van der Waals surface area contributed by atoms with Gasteiger partial charge in [-0.1, -0.05) is 0 Å². The van der Waals surface area contributed by atoms with Crippen LogP contribution in [0.1, 0.15) is 19.3 Å². The number of rotatable bonds is 8. The number of carbonyl (C=O) groups excluding carboxylic acids is 2. The van der Waals surface area contributed by atoms with Crippen molar-refractivity contribution in [3.8, 4) is 5.75 Å². The molecule has 0 aliphatic heterocycles. The highest BCUT2D eigenvalue weighted by molar-refractivity contribution is 6.37. The Morgan fingerprint density at radius 1 is 1.11 bits per heavy atom. The highest BCUT2D eigenvalue weighted by Gasteiger charge is 2.13. The first kappa shape index (κ1) is 14.3. The van der Waals surface area contributed by atoms with E-state index < -0.39 is 17.4 Å². The molecule has 0 unspecified atom stereocenters. The van der Waals surface area contributed by atoms with Crippen LogP contribution in [-0.2, 0) is 9.59 Å². The van der Waals surface area contributed by atoms with Crippen molar-refractivity contribution in [1.29, 1.82) is 0 Å². The summed E-state index contributed by atoms with van der Waals surface area (Å²) in [6.07, 6.45) is 1.10. The summed E-state index contributed by atoms with van der Waals surface area (Å²) in [5, 5.41) is 8.54. The molecule has 18 heavy (non-hydrogen) atoms. The zero-order chi connectivity index (χ0) is 13.4. The molecule has 1 N–H and O–H groups in total. The number of aliphatic hydroxyl groups is 1. The summed E-state index contributed by atoms with van der Waals surface area (Å²) in [5.41, 5.74) is 0. The Kier molecular flexibility index (Phi) is 6.00. The van der Waals surface area contributed by atoms with Crippen LogP contribution in [0.5, 0.6) is 5.75 Å². The minimum Gasteiger partial charge on any atom is -0.485 e. The minimum atomic E-state index is -0.614. The van der Waals surface area contributed by atoms with E-state index in [2.05, 4.69) is 0 Å². The first-order chi connectivity index (χ1) is 8.63. The second-order valence-corrected chi connectivity index (χ2v) is 3.77. The van der Waals surface area contributed by atoms with E-state index in [0.29, 0.717) is 18.6 Å². The van der Waals surface area contributed by atoms with Crippen LogP contribution < -0.4 is 4.74 Å². The zero-order valence-corrected chi connectivity index (χ0v) is 9.89. The molecule has 0 aliphatic rings. The van der Waals surface area contributed by atoms with Crippen molar-refractivity contribution in [1.82, 2.24) is 0 Å². The van der Waals surface area contributed by atoms with E-state index >= 15 is 0 Å². The summed E-state index contributed by atoms with van der Waals surface area (Å²) in [7, 11) is 0. The van der Waals surface area contributed by atoms with Crippen LogP contribution in [-0.4, -0.2) is 29.9 Å². The fourth-order valence-electron chi connectivity index (χ4n) is 1.30. The number of unbranched alkanes of at least 4 members (excludes halogenated alkanes) is 1. The van der Waals surface area contributed by atoms with Crippen LogP contribution in [0.2, 0.25) is 0 Å². The van der Waals surface area contributed by atoms with Gasteiger partial charge in [0, 0.05) is 13.0 Å². The van der Waals surface area contributed by atoms with Gasteiger partial charge in [0.05, 0.1) is 0 Å². The lowest BCUT2D eigenvalue weighted by Gasteiger charge is -2.04. The SMILES string of the molecule is O=C(CCCCO)C(=O)COc1ccc(F)cc1. The largest absolute Gasteiger partial charge is 0.485 e. The molecule has 0 radical (unpaired) electrons. The topological polar surface area (TPSA) is 63.6 Å². The molecule has 0 bridgehead atoms. The molecule has 1 aromatic carbocycles. The second-order valence-electron chi connectivity index (χ2n) is 3.77. The van der Waals surface area contributed by atoms with Crippen LogP contribution in [0.25, 0.3) is 0 Å². The average Bonchev–Trinajstić information content (AvgIpc) is 2.38. The van der Waals surface area contributed by atoms with Crippen LogP contribution >= 0.6 is 0 Å². The van der Waals surface area contributed by atoms with Crippen LogP contribution in [0.4, 0.5) is 4.39 Å². The zero-order valence-electron chi connectivity index (χ0n) is 9.89. The molecular formula is C13H15FO4. The van der Waals surface area contributed by atoms with E-state index in [1.807, 2.05) is 0 Å². The van der Waals surface area contributed by atoms with E-state index in [4.69, 9.17) is 9.84 Å². The quantitative estimate of drug-likeness (QED) is 0.564. The first-order valence-electron chi connectivity index (χ1n) is 5.68. The monoisotopic (exact) mass is 254 g/mol. The molecule has 0 heterocycles. The first-order valence-corrected chi connectivity index (χ1v) is 5.68. The van der Waals surface area contributed by atoms with Gasteiger partial charge in [0.1, 0.15) is 11.6 Å². The number of Topliss-reactive ketones (excluding diaryl/α,β-unsaturated/α-hetero) is 2. The highest BCUT2D eigenvalue weighted by Crippen LogP contribution is 2.11. The molecule has 4 nitrogen and oxygen atoms in total. The molecule has 98 valence electrons. The number of hydrogen-bond acceptors (Lipinski definition) is 4. The van der Waals surface area contributed by atoms with Gasteiger partial charge in [0.2, 0.25) is 11.6 Å². The fourth-order valence-corrected chi connectivity index (χ4v) is 1.30. The van der Waals surface area contributed by atoms with E-state index in [-0.39, 0.29) is 19.6 Å². The summed E-state index contributed by atoms with van der Waals surface area (Å²) in [5.74, 6) is -1.18. The summed E-state index contributed by atoms with van der Waals surface area (Å²) < 4.78 is 17.7. The smallest absolute Gasteiger partial charge is 0.235 e. The third-order valence-electron chi connectivity index (χ3n) is 2.31. The van der Waals surface area contributed by atoms with Gasteiger partial charge in [-0.05, 0) is 37.1 Å². The number of carbonyl (C=O) groups is 2. The number of ketones is 2. The van der Waals surface area contributed by atoms with Crippen molar-refractivity contribution in [2.24, 2.45) is 0 Å². The van der Waals surface area contributed by atoms with Gasteiger partial charge in [-0.2, -0.15) is 0 Å². The number of hydrogen-bond donors (Lipinski definition) is 1. The van der Waals surface area contributed by atoms with Gasteiger partial charge < -0.3 is 9.84 Å². The molecule has 0 spiro atoms. The second kappa shape index (κ2) is 7.55. The maximum atomic E-state index is 12.6. The molecule has 0 saturated heterocycles. The van der Waals surface area contributed by atoms with E-state index in [1.165, 1.54) is 24.3 Å². The molecule has 0 saturated carbocycles. The predicted octanol–water partition coefficient (Wildman–Crippen LogP) is 1.51. The number of aliphatic hydroxyl groups excluding tert-OH is 1. The van der Waals surface area contributed by atoms with E-state index in [0.717, 1.165) is 0 Å². The van der Waals surface area contributed by atoms with E-state index in [9.17, 15) is 14.0 Å². The maximum Gasteiger partial charge on any atom is 0.235 e. The normalized spacial score (nSPS) is 10.1. The Morgan fingerprint density at radius 3 is 2.39 bits per heavy atom. The van der Waals surface area contributed by atoms with Crippen molar-refractivity contribution < 1.29 is 23.8 Å². The average molecular weight is 254 g/mol. The molecule has 0 fully saturated rings. The standard InChI is InChI=1S/C13H15FO4/c14-10-4-6-11(7-5-10)18-9-13(17)12(16)3-1-2-8-15/h4-7,15H,1-3,8-9H2. The van der Waals surface area contributed by atoms with Crippen molar-refractivity contribution in [3.63, 3.8) is 0 Å². The van der Waals surface area contributed by atoms with Gasteiger partial charge in [-0.25, -0.2) is 4.39 Å².